The average Bonchev–Trinajstić information content (AvgIpc) is 3.36. The molecule has 2 heterocycles. The summed E-state index contributed by atoms with van der Waals surface area (Å²) in [6, 6.07) is 31.5. The fourth-order valence-corrected chi connectivity index (χ4v) is 8.43. The Bertz CT molecular complexity index is 2420. The van der Waals surface area contributed by atoms with Crippen molar-refractivity contribution >= 4 is 53.5 Å². The molecule has 0 radical (unpaired) electrons. The Kier molecular flexibility index (Phi) is 19.3. The molecule has 2 aliphatic rings. The SMILES string of the molecule is CCS[C@H]1O[C@H](CO[C@@H]2O[C@H](COC(=O)c3ccccc3)[C@@H](OC(=O)c3ccccc3)[C@H](OC(=O)c3ccccc3)[C@H]2OC(=O)c2ccccc2)[C@@H](OC(C)=O)[C@H](O)[C@H]1OC(=O)C(C)(C)CCOC(C)=O. The molecule has 0 unspecified atom stereocenters. The second-order valence-corrected chi connectivity index (χ2v) is 18.3. The van der Waals surface area contributed by atoms with E-state index in [1.165, 1.54) is 67.2 Å². The van der Waals surface area contributed by atoms with Gasteiger partial charge < -0.3 is 52.5 Å². The molecule has 18 nitrogen and oxygen atoms in total. The normalized spacial score (nSPS) is 24.0. The minimum Gasteiger partial charge on any atom is -0.466 e. The molecule has 0 spiro atoms. The van der Waals surface area contributed by atoms with Gasteiger partial charge in [-0.15, -0.1) is 11.8 Å². The van der Waals surface area contributed by atoms with Gasteiger partial charge >= 0.3 is 41.8 Å². The molecule has 2 fully saturated rings. The van der Waals surface area contributed by atoms with Crippen LogP contribution in [0.4, 0.5) is 0 Å². The molecule has 6 rings (SSSR count). The smallest absolute Gasteiger partial charge is 0.338 e. The minimum absolute atomic E-state index is 0.0689. The van der Waals surface area contributed by atoms with E-state index in [1.54, 1.807) is 93.6 Å². The summed E-state index contributed by atoms with van der Waals surface area (Å²) in [5.74, 6) is -5.27. The van der Waals surface area contributed by atoms with Gasteiger partial charge in [-0.25, -0.2) is 19.2 Å². The Morgan fingerprint density at radius 3 is 1.48 bits per heavy atom. The summed E-state index contributed by atoms with van der Waals surface area (Å²) in [5.41, 5.74) is -1.86. The van der Waals surface area contributed by atoms with Crippen molar-refractivity contribution in [3.05, 3.63) is 144 Å². The van der Waals surface area contributed by atoms with E-state index in [-0.39, 0.29) is 35.3 Å². The monoisotopic (exact) mass is 1000 g/mol. The van der Waals surface area contributed by atoms with Crippen LogP contribution in [0.2, 0.25) is 0 Å². The molecular weight excluding hydrogens is 945 g/mol. The number of hydrogen-bond donors (Lipinski definition) is 1. The Balaban J connectivity index is 1.38. The molecule has 4 aromatic rings. The van der Waals surface area contributed by atoms with Crippen molar-refractivity contribution in [2.45, 2.75) is 102 Å². The number of ether oxygens (including phenoxy) is 10. The molecule has 19 heteroatoms. The summed E-state index contributed by atoms with van der Waals surface area (Å²) < 4.78 is 59.9. The third-order valence-corrected chi connectivity index (χ3v) is 12.3. The molecule has 71 heavy (non-hydrogen) atoms. The lowest BCUT2D eigenvalue weighted by molar-refractivity contribution is -0.310. The molecule has 1 N–H and O–H groups in total. The van der Waals surface area contributed by atoms with Crippen LogP contribution in [-0.4, -0.2) is 133 Å². The van der Waals surface area contributed by atoms with Crippen LogP contribution >= 0.6 is 11.8 Å². The largest absolute Gasteiger partial charge is 0.466 e. The number of thioether (sulfide) groups is 1. The summed E-state index contributed by atoms with van der Waals surface area (Å²) in [5, 5.41) is 11.9. The quantitative estimate of drug-likeness (QED) is 0.0799. The van der Waals surface area contributed by atoms with Crippen molar-refractivity contribution < 1.29 is 86.0 Å². The molecule has 2 aliphatic heterocycles. The maximum Gasteiger partial charge on any atom is 0.338 e. The van der Waals surface area contributed by atoms with Crippen LogP contribution in [0.1, 0.15) is 82.5 Å². The van der Waals surface area contributed by atoms with E-state index in [1.807, 2.05) is 0 Å². The van der Waals surface area contributed by atoms with Gasteiger partial charge in [0.1, 0.15) is 30.4 Å². The highest BCUT2D eigenvalue weighted by atomic mass is 32.2. The lowest BCUT2D eigenvalue weighted by Gasteiger charge is -2.46. The molecule has 0 aromatic heterocycles. The molecule has 0 aliphatic carbocycles. The zero-order valence-electron chi connectivity index (χ0n) is 39.7. The Hall–Kier alpha value is -6.64. The van der Waals surface area contributed by atoms with Gasteiger partial charge in [-0.05, 0) is 74.6 Å². The topological polar surface area (TPSA) is 232 Å². The van der Waals surface area contributed by atoms with E-state index >= 15 is 0 Å². The molecule has 2 saturated heterocycles. The fraction of sp³-hybridized carbons (Fsp3) is 0.404. The molecule has 10 atom stereocenters. The molecular formula is C52H56O18S. The van der Waals surface area contributed by atoms with Crippen LogP contribution in [0.5, 0.6) is 0 Å². The number of rotatable bonds is 20. The summed E-state index contributed by atoms with van der Waals surface area (Å²) in [6.07, 6.45) is -14.4. The number of hydrogen-bond acceptors (Lipinski definition) is 19. The standard InChI is InChI=1S/C52H56O18S/c1-6-71-50-42(70-51(60)52(4,5)27-28-61-31(2)53)39(55)40(64-32(3)54)37(66-50)30-63-49-44(69-48(59)36-25-17-10-18-26-36)43(68-47(58)35-23-15-9-16-24-35)41(67-46(57)34-21-13-8-14-22-34)38(65-49)29-62-45(56)33-19-11-7-12-20-33/h7-26,37-44,49-50,55H,6,27-30H2,1-5H3/t37-,38-,39+,40-,41-,42-,43+,44-,49-,50-/m1/s1. The van der Waals surface area contributed by atoms with Gasteiger partial charge in [-0.2, -0.15) is 0 Å². The zero-order chi connectivity index (χ0) is 51.1. The predicted molar refractivity (Wildman–Crippen MR) is 252 cm³/mol. The van der Waals surface area contributed by atoms with E-state index in [0.29, 0.717) is 5.75 Å². The third kappa shape index (κ3) is 14.7. The Morgan fingerprint density at radius 1 is 0.535 bits per heavy atom. The predicted octanol–water partition coefficient (Wildman–Crippen LogP) is 5.92. The summed E-state index contributed by atoms with van der Waals surface area (Å²) in [7, 11) is 0. The highest BCUT2D eigenvalue weighted by Crippen LogP contribution is 2.37. The van der Waals surface area contributed by atoms with Crippen LogP contribution in [0.3, 0.4) is 0 Å². The number of aliphatic hydroxyl groups is 1. The van der Waals surface area contributed by atoms with Gasteiger partial charge in [-0.3, -0.25) is 14.4 Å². The lowest BCUT2D eigenvalue weighted by atomic mass is 9.89. The van der Waals surface area contributed by atoms with Crippen molar-refractivity contribution in [3.63, 3.8) is 0 Å². The molecule has 4 aromatic carbocycles. The maximum absolute atomic E-state index is 14.1. The average molecular weight is 1000 g/mol. The second kappa shape index (κ2) is 25.5. The summed E-state index contributed by atoms with van der Waals surface area (Å²) in [4.78, 5) is 93.2. The van der Waals surface area contributed by atoms with Gasteiger partial charge in [0.2, 0.25) is 0 Å². The van der Waals surface area contributed by atoms with Crippen molar-refractivity contribution in [3.8, 4) is 0 Å². The first-order valence-electron chi connectivity index (χ1n) is 22.8. The first-order valence-corrected chi connectivity index (χ1v) is 23.8. The van der Waals surface area contributed by atoms with Gasteiger partial charge in [0.15, 0.2) is 36.8 Å². The Morgan fingerprint density at radius 2 is 1.00 bits per heavy atom. The van der Waals surface area contributed by atoms with E-state index < -0.39 is 121 Å². The maximum atomic E-state index is 14.1. The van der Waals surface area contributed by atoms with E-state index in [2.05, 4.69) is 0 Å². The number of aliphatic hydroxyl groups excluding tert-OH is 1. The second-order valence-electron chi connectivity index (χ2n) is 17.0. The van der Waals surface area contributed by atoms with Crippen molar-refractivity contribution in [1.82, 2.24) is 0 Å². The number of carbonyl (C=O) groups excluding carboxylic acids is 7. The first kappa shape index (κ1) is 53.7. The first-order chi connectivity index (χ1) is 34.1. The highest BCUT2D eigenvalue weighted by Gasteiger charge is 2.55. The van der Waals surface area contributed by atoms with E-state index in [4.69, 9.17) is 47.4 Å². The zero-order valence-corrected chi connectivity index (χ0v) is 40.5. The number of esters is 7. The minimum atomic E-state index is -1.77. The van der Waals surface area contributed by atoms with Gasteiger partial charge in [0.05, 0.1) is 40.9 Å². The molecule has 0 amide bonds. The van der Waals surface area contributed by atoms with Crippen LogP contribution in [0, 0.1) is 5.41 Å². The number of carbonyl (C=O) groups is 7. The summed E-state index contributed by atoms with van der Waals surface area (Å²) in [6.45, 7) is 5.99. The van der Waals surface area contributed by atoms with Crippen LogP contribution in [0.15, 0.2) is 121 Å². The highest BCUT2D eigenvalue weighted by molar-refractivity contribution is 7.99. The van der Waals surface area contributed by atoms with Crippen LogP contribution < -0.4 is 0 Å². The van der Waals surface area contributed by atoms with Crippen LogP contribution in [0.25, 0.3) is 0 Å². The molecule has 0 bridgehead atoms. The van der Waals surface area contributed by atoms with E-state index in [0.717, 1.165) is 6.92 Å². The van der Waals surface area contributed by atoms with Crippen molar-refractivity contribution in [1.29, 1.82) is 0 Å². The third-order valence-electron chi connectivity index (χ3n) is 11.2. The van der Waals surface area contributed by atoms with Gasteiger partial charge in [0.25, 0.3) is 0 Å². The van der Waals surface area contributed by atoms with E-state index in [9.17, 15) is 38.7 Å². The fourth-order valence-electron chi connectivity index (χ4n) is 7.48. The lowest BCUT2D eigenvalue weighted by Crippen LogP contribution is -2.64. The molecule has 378 valence electrons. The van der Waals surface area contributed by atoms with Crippen molar-refractivity contribution in [2.75, 3.05) is 25.6 Å². The summed E-state index contributed by atoms with van der Waals surface area (Å²) >= 11 is 1.17. The van der Waals surface area contributed by atoms with Crippen LogP contribution in [-0.2, 0) is 61.8 Å². The Labute approximate surface area is 414 Å². The number of benzene rings is 4. The van der Waals surface area contributed by atoms with Crippen molar-refractivity contribution in [2.24, 2.45) is 5.41 Å². The van der Waals surface area contributed by atoms with Gasteiger partial charge in [-0.1, -0.05) is 79.7 Å². The molecule has 0 saturated carbocycles. The van der Waals surface area contributed by atoms with Gasteiger partial charge in [0, 0.05) is 13.8 Å².